The number of nitrogens with zero attached hydrogens (tertiary/aromatic N) is 4. The molecule has 0 saturated carbocycles. The van der Waals surface area contributed by atoms with E-state index in [4.69, 9.17) is 10.3 Å². The topological polar surface area (TPSA) is 113 Å². The van der Waals surface area contributed by atoms with Crippen molar-refractivity contribution in [1.29, 1.82) is 0 Å². The standard InChI is InChI=1S/C9H10N5O3.Y/c10-13-11-5-6-1-2-8(17-6)14-4-3-7(15)12-9(14)16;/h1,3-4,6,8H,2,5H2,(H,12,15,16);/q-1;. The molecule has 1 fully saturated rings. The molecule has 2 unspecified atom stereocenters. The monoisotopic (exact) mass is 325 g/mol. The van der Waals surface area contributed by atoms with Crippen molar-refractivity contribution in [3.8, 4) is 0 Å². The van der Waals surface area contributed by atoms with Crippen LogP contribution in [0.5, 0.6) is 0 Å². The zero-order valence-electron chi connectivity index (χ0n) is 9.39. The number of ether oxygens (including phenoxy) is 1. The van der Waals surface area contributed by atoms with Gasteiger partial charge in [0.15, 0.2) is 0 Å². The van der Waals surface area contributed by atoms with Gasteiger partial charge < -0.3 is 4.74 Å². The molecule has 2 rings (SSSR count). The first-order valence-corrected chi connectivity index (χ1v) is 5.02. The first kappa shape index (κ1) is 15.1. The second kappa shape index (κ2) is 6.85. The summed E-state index contributed by atoms with van der Waals surface area (Å²) in [4.78, 5) is 27.2. The Morgan fingerprint density at radius 2 is 2.44 bits per heavy atom. The Bertz CT molecular complexity index is 562. The van der Waals surface area contributed by atoms with E-state index < -0.39 is 17.5 Å². The summed E-state index contributed by atoms with van der Waals surface area (Å²) in [5, 5.41) is 3.40. The van der Waals surface area contributed by atoms with Crippen LogP contribution in [0.3, 0.4) is 0 Å². The summed E-state index contributed by atoms with van der Waals surface area (Å²) >= 11 is 0. The molecule has 0 aliphatic carbocycles. The molecule has 18 heavy (non-hydrogen) atoms. The van der Waals surface area contributed by atoms with Crippen molar-refractivity contribution in [1.82, 2.24) is 9.55 Å². The summed E-state index contributed by atoms with van der Waals surface area (Å²) < 4.78 is 6.79. The number of azide groups is 1. The van der Waals surface area contributed by atoms with Gasteiger partial charge >= 0.3 is 5.69 Å². The third-order valence-corrected chi connectivity index (χ3v) is 2.42. The van der Waals surface area contributed by atoms with E-state index in [1.807, 2.05) is 6.42 Å². The first-order valence-electron chi connectivity index (χ1n) is 5.02. The van der Waals surface area contributed by atoms with Crippen molar-refractivity contribution in [3.05, 3.63) is 50.0 Å². The van der Waals surface area contributed by atoms with E-state index in [9.17, 15) is 9.59 Å². The van der Waals surface area contributed by atoms with Gasteiger partial charge in [0.05, 0.1) is 0 Å². The predicted molar refractivity (Wildman–Crippen MR) is 58.2 cm³/mol. The van der Waals surface area contributed by atoms with Crippen LogP contribution >= 0.6 is 0 Å². The fraction of sp³-hybridized carbons (Fsp3) is 0.444. The summed E-state index contributed by atoms with van der Waals surface area (Å²) in [5.74, 6) is 0. The maximum atomic E-state index is 11.5. The average molecular weight is 325 g/mol. The van der Waals surface area contributed by atoms with E-state index in [-0.39, 0.29) is 45.4 Å². The summed E-state index contributed by atoms with van der Waals surface area (Å²) in [7, 11) is 0. The molecule has 0 spiro atoms. The predicted octanol–water partition coefficient (Wildman–Crippen LogP) is 0.336. The Hall–Kier alpha value is -0.946. The van der Waals surface area contributed by atoms with Crippen molar-refractivity contribution in [3.63, 3.8) is 0 Å². The molecule has 0 bridgehead atoms. The molecule has 1 saturated heterocycles. The molecule has 1 aromatic rings. The van der Waals surface area contributed by atoms with Crippen LogP contribution in [0.15, 0.2) is 27.0 Å². The average Bonchev–Trinajstić information content (AvgIpc) is 2.75. The van der Waals surface area contributed by atoms with Gasteiger partial charge in [0.2, 0.25) is 0 Å². The largest absolute Gasteiger partial charge is 0.389 e. The molecule has 8 nitrogen and oxygen atoms in total. The third-order valence-electron chi connectivity index (χ3n) is 2.42. The van der Waals surface area contributed by atoms with Crippen LogP contribution < -0.4 is 11.2 Å². The summed E-state index contributed by atoms with van der Waals surface area (Å²) in [6.45, 7) is 0.200. The Kier molecular flexibility index (Phi) is 5.75. The van der Waals surface area contributed by atoms with Crippen molar-refractivity contribution in [2.24, 2.45) is 5.11 Å². The second-order valence-electron chi connectivity index (χ2n) is 3.53. The van der Waals surface area contributed by atoms with E-state index in [1.54, 1.807) is 0 Å². The van der Waals surface area contributed by atoms with Crippen LogP contribution in [0.1, 0.15) is 12.6 Å². The molecule has 9 heteroatoms. The molecular weight excluding hydrogens is 315 g/mol. The Morgan fingerprint density at radius 1 is 1.67 bits per heavy atom. The second-order valence-corrected chi connectivity index (χ2v) is 3.53. The van der Waals surface area contributed by atoms with E-state index in [2.05, 4.69) is 15.0 Å². The van der Waals surface area contributed by atoms with E-state index >= 15 is 0 Å². The number of hydrogen-bond donors (Lipinski definition) is 1. The summed E-state index contributed by atoms with van der Waals surface area (Å²) in [6.07, 6.45) is 2.98. The zero-order chi connectivity index (χ0) is 12.3. The zero-order valence-corrected chi connectivity index (χ0v) is 12.2. The number of nitrogens with one attached hydrogen (secondary N) is 1. The van der Waals surface area contributed by atoms with E-state index in [0.29, 0.717) is 6.42 Å². The molecule has 93 valence electrons. The molecule has 1 aromatic heterocycles. The van der Waals surface area contributed by atoms with Crippen LogP contribution in [-0.4, -0.2) is 22.2 Å². The Morgan fingerprint density at radius 3 is 3.11 bits per heavy atom. The molecule has 1 N–H and O–H groups in total. The number of H-pyrrole nitrogens is 1. The number of aromatic nitrogens is 2. The number of aromatic amines is 1. The van der Waals surface area contributed by atoms with Gasteiger partial charge in [-0.2, -0.15) is 0 Å². The molecule has 2 atom stereocenters. The Labute approximate surface area is 127 Å². The van der Waals surface area contributed by atoms with Crippen molar-refractivity contribution >= 4 is 0 Å². The number of rotatable bonds is 3. The molecule has 1 aliphatic rings. The number of hydrogen-bond acceptors (Lipinski definition) is 4. The van der Waals surface area contributed by atoms with Crippen LogP contribution in [0, 0.1) is 6.42 Å². The van der Waals surface area contributed by atoms with Crippen LogP contribution in [-0.2, 0) is 37.4 Å². The maximum Gasteiger partial charge on any atom is 0.330 e. The van der Waals surface area contributed by atoms with Gasteiger partial charge in [0, 0.05) is 56.4 Å². The fourth-order valence-corrected chi connectivity index (χ4v) is 1.65. The smallest absolute Gasteiger partial charge is 0.330 e. The van der Waals surface area contributed by atoms with Gasteiger partial charge in [0.25, 0.3) is 5.56 Å². The molecule has 0 amide bonds. The quantitative estimate of drug-likeness (QED) is 0.374. The van der Waals surface area contributed by atoms with Crippen LogP contribution in [0.4, 0.5) is 0 Å². The summed E-state index contributed by atoms with van der Waals surface area (Å²) in [6, 6.07) is 1.26. The fourth-order valence-electron chi connectivity index (χ4n) is 1.65. The molecule has 2 heterocycles. The van der Waals surface area contributed by atoms with Crippen molar-refractivity contribution in [2.75, 3.05) is 6.54 Å². The van der Waals surface area contributed by atoms with Crippen LogP contribution in [0.25, 0.3) is 10.4 Å². The third kappa shape index (κ3) is 3.52. The minimum atomic E-state index is -0.514. The van der Waals surface area contributed by atoms with Gasteiger partial charge in [-0.05, 0) is 5.53 Å². The first-order chi connectivity index (χ1) is 8.20. The molecule has 1 aliphatic heterocycles. The minimum absolute atomic E-state index is 0. The van der Waals surface area contributed by atoms with Gasteiger partial charge in [-0.3, -0.25) is 20.8 Å². The van der Waals surface area contributed by atoms with E-state index in [0.717, 1.165) is 0 Å². The summed E-state index contributed by atoms with van der Waals surface area (Å²) in [5.41, 5.74) is 7.22. The van der Waals surface area contributed by atoms with E-state index in [1.165, 1.54) is 16.8 Å². The minimum Gasteiger partial charge on any atom is -0.389 e. The van der Waals surface area contributed by atoms with Gasteiger partial charge in [-0.1, -0.05) is 11.2 Å². The van der Waals surface area contributed by atoms with Crippen LogP contribution in [0.2, 0.25) is 0 Å². The molecule has 1 radical (unpaired) electrons. The SMILES string of the molecule is [N-]=[N+]=NCC1[CH-]CC(n2ccc(=O)[nH]c2=O)O1.[Y]. The normalized spacial score (nSPS) is 22.0. The van der Waals surface area contributed by atoms with Crippen molar-refractivity contribution in [2.45, 2.75) is 18.8 Å². The van der Waals surface area contributed by atoms with Gasteiger partial charge in [0.1, 0.15) is 6.23 Å². The van der Waals surface area contributed by atoms with Gasteiger partial charge in [-0.25, -0.2) is 4.79 Å². The molecular formula is C9H10N5O3Y-. The van der Waals surface area contributed by atoms with Gasteiger partial charge in [-0.15, -0.1) is 6.42 Å². The Balaban J connectivity index is 0.00000162. The molecule has 0 aromatic carbocycles. The maximum absolute atomic E-state index is 11.5. The van der Waals surface area contributed by atoms with Crippen molar-refractivity contribution < 1.29 is 37.4 Å².